The molecule has 0 fully saturated rings. The fourth-order valence-corrected chi connectivity index (χ4v) is 6.28. The number of aryl methyl sites for hydroxylation is 1. The van der Waals surface area contributed by atoms with Gasteiger partial charge >= 0.3 is 0 Å². The molecule has 0 spiro atoms. The van der Waals surface area contributed by atoms with Crippen molar-refractivity contribution in [1.29, 1.82) is 0 Å². The minimum atomic E-state index is -1.75. The molecule has 6 rings (SSSR count). The van der Waals surface area contributed by atoms with Gasteiger partial charge in [0.05, 0.1) is 29.3 Å². The first kappa shape index (κ1) is 31.5. The number of rotatable bonds is 11. The molecule has 0 unspecified atom stereocenters. The van der Waals surface area contributed by atoms with Gasteiger partial charge in [-0.25, -0.2) is 5.01 Å². The van der Waals surface area contributed by atoms with E-state index in [9.17, 15) is 14.7 Å². The van der Waals surface area contributed by atoms with Crippen molar-refractivity contribution in [1.82, 2.24) is 15.0 Å². The van der Waals surface area contributed by atoms with Gasteiger partial charge in [-0.3, -0.25) is 14.3 Å². The van der Waals surface area contributed by atoms with Crippen molar-refractivity contribution in [2.24, 2.45) is 11.0 Å². The standard InChI is InChI=1S/C35H35BrN6O4/c1-24(7-5-6-19-40-23-28(18-20-43)37-39-40)35(46)30-21-27(36)12-16-32(30)41(34(35)45)22-25-10-13-29(14-11-25)42-33(44)17-15-31(38-42)26-8-3-2-4-9-26/h2-5,7-14,16,21,23-24,43,46H,6,15,17-20,22H2,1H3/b7-5+/t24-,35+/m1/s1. The number of carbonyl (C=O) groups excluding carboxylic acids is 2. The highest BCUT2D eigenvalue weighted by molar-refractivity contribution is 9.10. The third kappa shape index (κ3) is 6.31. The fourth-order valence-electron chi connectivity index (χ4n) is 5.92. The Morgan fingerprint density at radius 1 is 1.04 bits per heavy atom. The predicted octanol–water partition coefficient (Wildman–Crippen LogP) is 5.12. The summed E-state index contributed by atoms with van der Waals surface area (Å²) in [5.74, 6) is -0.973. The van der Waals surface area contributed by atoms with Crippen LogP contribution in [0.2, 0.25) is 0 Å². The van der Waals surface area contributed by atoms with Gasteiger partial charge in [-0.05, 0) is 47.9 Å². The number of amides is 2. The van der Waals surface area contributed by atoms with Crippen LogP contribution in [0.1, 0.15) is 48.6 Å². The topological polar surface area (TPSA) is 124 Å². The highest BCUT2D eigenvalue weighted by atomic mass is 79.9. The van der Waals surface area contributed by atoms with E-state index >= 15 is 0 Å². The Morgan fingerprint density at radius 3 is 2.59 bits per heavy atom. The van der Waals surface area contributed by atoms with E-state index in [1.165, 1.54) is 5.01 Å². The number of aliphatic hydroxyl groups excluding tert-OH is 1. The van der Waals surface area contributed by atoms with Crippen LogP contribution in [0.4, 0.5) is 11.4 Å². The van der Waals surface area contributed by atoms with Crippen LogP contribution < -0.4 is 9.91 Å². The number of halogens is 1. The first-order valence-electron chi connectivity index (χ1n) is 15.3. The van der Waals surface area contributed by atoms with Crippen molar-refractivity contribution >= 4 is 44.8 Å². The summed E-state index contributed by atoms with van der Waals surface area (Å²) in [5, 5.41) is 35.3. The molecule has 0 radical (unpaired) electrons. The molecule has 0 bridgehead atoms. The lowest BCUT2D eigenvalue weighted by atomic mass is 9.83. The number of hydrogen-bond donors (Lipinski definition) is 2. The maximum Gasteiger partial charge on any atom is 0.264 e. The fraction of sp³-hybridized carbons (Fsp3) is 0.286. The van der Waals surface area contributed by atoms with E-state index in [1.807, 2.05) is 91.9 Å². The monoisotopic (exact) mass is 682 g/mol. The summed E-state index contributed by atoms with van der Waals surface area (Å²) in [6, 6.07) is 22.8. The first-order valence-corrected chi connectivity index (χ1v) is 16.1. The van der Waals surface area contributed by atoms with Crippen molar-refractivity contribution in [2.45, 2.75) is 51.3 Å². The van der Waals surface area contributed by atoms with Gasteiger partial charge in [0.25, 0.3) is 5.91 Å². The summed E-state index contributed by atoms with van der Waals surface area (Å²) in [6.07, 6.45) is 7.67. The molecular weight excluding hydrogens is 648 g/mol. The maximum absolute atomic E-state index is 14.0. The Morgan fingerprint density at radius 2 is 1.83 bits per heavy atom. The van der Waals surface area contributed by atoms with Gasteiger partial charge in [0.2, 0.25) is 5.91 Å². The van der Waals surface area contributed by atoms with E-state index in [0.29, 0.717) is 49.2 Å². The van der Waals surface area contributed by atoms with E-state index in [-0.39, 0.29) is 19.1 Å². The third-order valence-electron chi connectivity index (χ3n) is 8.46. The molecule has 2 N–H and O–H groups in total. The molecule has 2 aliphatic rings. The lowest BCUT2D eigenvalue weighted by Crippen LogP contribution is -2.44. The summed E-state index contributed by atoms with van der Waals surface area (Å²) in [4.78, 5) is 28.4. The Labute approximate surface area is 275 Å². The molecule has 2 amide bonds. The summed E-state index contributed by atoms with van der Waals surface area (Å²) in [5.41, 5.74) is 3.55. The predicted molar refractivity (Wildman–Crippen MR) is 179 cm³/mol. The molecule has 2 aliphatic heterocycles. The second-order valence-corrected chi connectivity index (χ2v) is 12.5. The first-order chi connectivity index (χ1) is 22.3. The van der Waals surface area contributed by atoms with Crippen LogP contribution in [-0.4, -0.2) is 49.3 Å². The maximum atomic E-state index is 14.0. The van der Waals surface area contributed by atoms with E-state index in [1.54, 1.807) is 15.8 Å². The Kier molecular flexibility index (Phi) is 9.25. The number of benzene rings is 3. The highest BCUT2D eigenvalue weighted by Gasteiger charge is 2.52. The molecule has 3 aromatic carbocycles. The molecular formula is C35H35BrN6O4. The summed E-state index contributed by atoms with van der Waals surface area (Å²) in [7, 11) is 0. The number of anilines is 2. The lowest BCUT2D eigenvalue weighted by molar-refractivity contribution is -0.139. The Bertz CT molecular complexity index is 1790. The number of hydrazone groups is 1. The van der Waals surface area contributed by atoms with Crippen LogP contribution in [0.15, 0.2) is 101 Å². The van der Waals surface area contributed by atoms with Gasteiger partial charge < -0.3 is 15.1 Å². The zero-order valence-corrected chi connectivity index (χ0v) is 27.0. The molecule has 3 heterocycles. The normalized spacial score (nSPS) is 18.7. The van der Waals surface area contributed by atoms with Crippen LogP contribution in [-0.2, 0) is 34.7 Å². The molecule has 4 aromatic rings. The number of fused-ring (bicyclic) bond motifs is 1. The molecule has 10 nitrogen and oxygen atoms in total. The van der Waals surface area contributed by atoms with Crippen LogP contribution in [0.5, 0.6) is 0 Å². The van der Waals surface area contributed by atoms with E-state index < -0.39 is 17.4 Å². The largest absolute Gasteiger partial charge is 0.396 e. The van der Waals surface area contributed by atoms with Gasteiger partial charge in [0.1, 0.15) is 0 Å². The van der Waals surface area contributed by atoms with E-state index in [4.69, 9.17) is 5.11 Å². The van der Waals surface area contributed by atoms with E-state index in [0.717, 1.165) is 27.0 Å². The number of allylic oxidation sites excluding steroid dienone is 1. The zero-order chi connectivity index (χ0) is 32.3. The quantitative estimate of drug-likeness (QED) is 0.212. The van der Waals surface area contributed by atoms with Gasteiger partial charge in [-0.1, -0.05) is 82.7 Å². The van der Waals surface area contributed by atoms with Crippen LogP contribution in [0.3, 0.4) is 0 Å². The van der Waals surface area contributed by atoms with Crippen LogP contribution >= 0.6 is 15.9 Å². The summed E-state index contributed by atoms with van der Waals surface area (Å²) in [6.45, 7) is 2.70. The van der Waals surface area contributed by atoms with Gasteiger partial charge in [0.15, 0.2) is 5.60 Å². The smallest absolute Gasteiger partial charge is 0.264 e. The minimum absolute atomic E-state index is 0.0211. The van der Waals surface area contributed by atoms with Gasteiger partial charge in [-0.2, -0.15) is 5.10 Å². The average Bonchev–Trinajstić information content (AvgIpc) is 3.60. The van der Waals surface area contributed by atoms with Crippen molar-refractivity contribution < 1.29 is 19.8 Å². The molecule has 2 atom stereocenters. The third-order valence-corrected chi connectivity index (χ3v) is 8.95. The van der Waals surface area contributed by atoms with Crippen LogP contribution in [0.25, 0.3) is 0 Å². The highest BCUT2D eigenvalue weighted by Crippen LogP contribution is 2.46. The van der Waals surface area contributed by atoms with Crippen molar-refractivity contribution in [3.63, 3.8) is 0 Å². The van der Waals surface area contributed by atoms with Crippen molar-refractivity contribution in [3.05, 3.63) is 118 Å². The molecule has 11 heteroatoms. The number of nitrogens with zero attached hydrogens (tertiary/aromatic N) is 6. The molecule has 0 saturated carbocycles. The number of aromatic nitrogens is 3. The van der Waals surface area contributed by atoms with Gasteiger partial charge in [0, 0.05) is 54.6 Å². The Hall–Kier alpha value is -4.45. The summed E-state index contributed by atoms with van der Waals surface area (Å²) < 4.78 is 2.48. The van der Waals surface area contributed by atoms with Gasteiger partial charge in [-0.15, -0.1) is 5.10 Å². The lowest BCUT2D eigenvalue weighted by Gasteiger charge is -2.28. The van der Waals surface area contributed by atoms with E-state index in [2.05, 4.69) is 31.3 Å². The molecule has 0 saturated heterocycles. The minimum Gasteiger partial charge on any atom is -0.396 e. The SMILES string of the molecule is C[C@H](/C=C/CCn1cc(CCO)nn1)[C@@]1(O)C(=O)N(Cc2ccc(N3N=C(c4ccccc4)CCC3=O)cc2)c2ccc(Br)cc21. The van der Waals surface area contributed by atoms with Crippen LogP contribution in [0, 0.1) is 5.92 Å². The molecule has 236 valence electrons. The zero-order valence-electron chi connectivity index (χ0n) is 25.5. The van der Waals surface area contributed by atoms with Crippen molar-refractivity contribution in [2.75, 3.05) is 16.5 Å². The summed E-state index contributed by atoms with van der Waals surface area (Å²) >= 11 is 3.51. The molecule has 0 aliphatic carbocycles. The average molecular weight is 684 g/mol. The second kappa shape index (κ2) is 13.5. The Balaban J connectivity index is 1.18. The van der Waals surface area contributed by atoms with Crippen molar-refractivity contribution in [3.8, 4) is 0 Å². The number of aliphatic hydroxyl groups is 2. The molecule has 46 heavy (non-hydrogen) atoms. The molecule has 1 aromatic heterocycles. The number of carbonyl (C=O) groups is 2. The number of hydrogen-bond acceptors (Lipinski definition) is 7. The second-order valence-electron chi connectivity index (χ2n) is 11.6.